The smallest absolute Gasteiger partial charge is 0.266 e. The highest BCUT2D eigenvalue weighted by Gasteiger charge is 2.25. The number of imidazole rings is 1. The molecular weight excluding hydrogens is 294 g/mol. The highest BCUT2D eigenvalue weighted by atomic mass is 16.2. The molecule has 2 heterocycles. The summed E-state index contributed by atoms with van der Waals surface area (Å²) in [7, 11) is 1.65. The van der Waals surface area contributed by atoms with Crippen molar-refractivity contribution in [3.63, 3.8) is 0 Å². The van der Waals surface area contributed by atoms with Gasteiger partial charge in [-0.1, -0.05) is 0 Å². The van der Waals surface area contributed by atoms with Gasteiger partial charge in [-0.15, -0.1) is 0 Å². The summed E-state index contributed by atoms with van der Waals surface area (Å²) in [6.45, 7) is 1.49. The van der Waals surface area contributed by atoms with Crippen molar-refractivity contribution in [2.24, 2.45) is 13.0 Å². The summed E-state index contributed by atoms with van der Waals surface area (Å²) in [5.41, 5.74) is 1.74. The van der Waals surface area contributed by atoms with E-state index in [4.69, 9.17) is 0 Å². The summed E-state index contributed by atoms with van der Waals surface area (Å²) in [5, 5.41) is 7.27. The van der Waals surface area contributed by atoms with Crippen LogP contribution in [0.5, 0.6) is 0 Å². The number of rotatable bonds is 5. The summed E-state index contributed by atoms with van der Waals surface area (Å²) >= 11 is 0. The number of aryl methyl sites for hydroxylation is 3. The number of hydrogen-bond acceptors (Lipinski definition) is 4. The maximum atomic E-state index is 12.3. The molecule has 1 N–H and O–H groups in total. The van der Waals surface area contributed by atoms with Gasteiger partial charge in [-0.05, 0) is 31.2 Å². The predicted octanol–water partition coefficient (Wildman–Crippen LogP) is 0.288. The van der Waals surface area contributed by atoms with Crippen molar-refractivity contribution < 1.29 is 4.79 Å². The third kappa shape index (κ3) is 3.67. The first kappa shape index (κ1) is 15.5. The van der Waals surface area contributed by atoms with E-state index in [1.807, 2.05) is 10.8 Å². The zero-order valence-electron chi connectivity index (χ0n) is 13.2. The van der Waals surface area contributed by atoms with Crippen molar-refractivity contribution in [3.05, 3.63) is 46.4 Å². The molecule has 122 valence electrons. The molecule has 1 aliphatic rings. The topological polar surface area (TPSA) is 81.8 Å². The van der Waals surface area contributed by atoms with Crippen molar-refractivity contribution in [2.45, 2.75) is 32.2 Å². The van der Waals surface area contributed by atoms with E-state index in [2.05, 4.69) is 15.4 Å². The highest BCUT2D eigenvalue weighted by Crippen LogP contribution is 2.23. The number of nitrogens with zero attached hydrogens (tertiary/aromatic N) is 4. The number of carbonyl (C=O) groups excluding carboxylic acids is 1. The van der Waals surface area contributed by atoms with Crippen LogP contribution < -0.4 is 10.9 Å². The lowest BCUT2D eigenvalue weighted by atomic mass is 9.86. The van der Waals surface area contributed by atoms with E-state index in [-0.39, 0.29) is 17.4 Å². The van der Waals surface area contributed by atoms with Gasteiger partial charge in [0.15, 0.2) is 0 Å². The average Bonchev–Trinajstić information content (AvgIpc) is 3.05. The van der Waals surface area contributed by atoms with Crippen LogP contribution in [0.25, 0.3) is 0 Å². The predicted molar refractivity (Wildman–Crippen MR) is 84.8 cm³/mol. The number of fused-ring (bicyclic) bond motifs is 1. The first-order chi connectivity index (χ1) is 11.1. The molecule has 1 amide bonds. The lowest BCUT2D eigenvalue weighted by molar-refractivity contribution is -0.125. The van der Waals surface area contributed by atoms with Crippen molar-refractivity contribution in [1.29, 1.82) is 0 Å². The minimum atomic E-state index is -0.120. The molecule has 3 rings (SSSR count). The van der Waals surface area contributed by atoms with Crippen molar-refractivity contribution in [2.75, 3.05) is 6.54 Å². The molecule has 2 aromatic heterocycles. The van der Waals surface area contributed by atoms with Crippen LogP contribution in [0.3, 0.4) is 0 Å². The van der Waals surface area contributed by atoms with E-state index in [9.17, 15) is 9.59 Å². The molecule has 23 heavy (non-hydrogen) atoms. The Labute approximate surface area is 134 Å². The molecular formula is C16H21N5O2. The van der Waals surface area contributed by atoms with Crippen molar-refractivity contribution in [3.8, 4) is 0 Å². The Bertz CT molecular complexity index is 735. The third-order valence-electron chi connectivity index (χ3n) is 4.28. The summed E-state index contributed by atoms with van der Waals surface area (Å²) in [6.07, 6.45) is 8.43. The number of aromatic nitrogens is 4. The Morgan fingerprint density at radius 3 is 3.13 bits per heavy atom. The fourth-order valence-electron chi connectivity index (χ4n) is 2.95. The molecule has 0 bridgehead atoms. The molecule has 0 spiro atoms. The SMILES string of the molecule is Cn1nc2c(cc1=O)CC(C(=O)NCCCn1ccnc1)CC2. The quantitative estimate of drug-likeness (QED) is 0.804. The molecule has 0 saturated heterocycles. The van der Waals surface area contributed by atoms with Crippen molar-refractivity contribution in [1.82, 2.24) is 24.6 Å². The zero-order chi connectivity index (χ0) is 16.2. The van der Waals surface area contributed by atoms with E-state index in [1.54, 1.807) is 25.6 Å². The molecule has 0 saturated carbocycles. The lowest BCUT2D eigenvalue weighted by Crippen LogP contribution is -2.36. The maximum absolute atomic E-state index is 12.3. The number of carbonyl (C=O) groups is 1. The summed E-state index contributed by atoms with van der Waals surface area (Å²) in [5.74, 6) is 0.00612. The average molecular weight is 315 g/mol. The van der Waals surface area contributed by atoms with Gasteiger partial charge in [0.25, 0.3) is 5.56 Å². The van der Waals surface area contributed by atoms with Gasteiger partial charge in [0.05, 0.1) is 12.0 Å². The van der Waals surface area contributed by atoms with Gasteiger partial charge in [0.1, 0.15) is 0 Å². The van der Waals surface area contributed by atoms with Gasteiger partial charge in [-0.25, -0.2) is 9.67 Å². The molecule has 1 atom stereocenters. The number of nitrogens with one attached hydrogen (secondary N) is 1. The summed E-state index contributed by atoms with van der Waals surface area (Å²) in [6, 6.07) is 1.61. The minimum Gasteiger partial charge on any atom is -0.356 e. The highest BCUT2D eigenvalue weighted by molar-refractivity contribution is 5.79. The molecule has 0 aromatic carbocycles. The van der Waals surface area contributed by atoms with E-state index in [0.29, 0.717) is 13.0 Å². The van der Waals surface area contributed by atoms with E-state index >= 15 is 0 Å². The van der Waals surface area contributed by atoms with Gasteiger partial charge >= 0.3 is 0 Å². The Balaban J connectivity index is 1.50. The summed E-state index contributed by atoms with van der Waals surface area (Å²) in [4.78, 5) is 28.0. The fourth-order valence-corrected chi connectivity index (χ4v) is 2.95. The first-order valence-electron chi connectivity index (χ1n) is 7.93. The van der Waals surface area contributed by atoms with Crippen LogP contribution in [-0.2, 0) is 31.2 Å². The standard InChI is InChI=1S/C16H21N5O2/c1-20-15(22)10-13-9-12(3-4-14(13)19-20)16(23)18-5-2-7-21-8-6-17-11-21/h6,8,10-12H,2-5,7,9H2,1H3,(H,18,23). The molecule has 0 radical (unpaired) electrons. The van der Waals surface area contributed by atoms with Crippen LogP contribution in [0, 0.1) is 5.92 Å². The third-order valence-corrected chi connectivity index (χ3v) is 4.28. The molecule has 1 aliphatic carbocycles. The molecule has 0 fully saturated rings. The number of hydrogen-bond donors (Lipinski definition) is 1. The van der Waals surface area contributed by atoms with Crippen LogP contribution in [0.2, 0.25) is 0 Å². The van der Waals surface area contributed by atoms with Crippen LogP contribution in [0.1, 0.15) is 24.1 Å². The fraction of sp³-hybridized carbons (Fsp3) is 0.500. The van der Waals surface area contributed by atoms with Gasteiger partial charge in [-0.2, -0.15) is 5.10 Å². The lowest BCUT2D eigenvalue weighted by Gasteiger charge is -2.23. The zero-order valence-corrected chi connectivity index (χ0v) is 13.2. The number of amides is 1. The van der Waals surface area contributed by atoms with Gasteiger partial charge in [-0.3, -0.25) is 9.59 Å². The van der Waals surface area contributed by atoms with Crippen LogP contribution in [0.4, 0.5) is 0 Å². The second kappa shape index (κ2) is 6.76. The van der Waals surface area contributed by atoms with Crippen LogP contribution >= 0.6 is 0 Å². The van der Waals surface area contributed by atoms with E-state index < -0.39 is 0 Å². The molecule has 7 nitrogen and oxygen atoms in total. The second-order valence-electron chi connectivity index (χ2n) is 5.96. The molecule has 7 heteroatoms. The van der Waals surface area contributed by atoms with Gasteiger partial charge in [0.2, 0.25) is 5.91 Å². The second-order valence-corrected chi connectivity index (χ2v) is 5.96. The Morgan fingerprint density at radius 2 is 2.35 bits per heavy atom. The van der Waals surface area contributed by atoms with Gasteiger partial charge < -0.3 is 9.88 Å². The molecule has 0 aliphatic heterocycles. The Kier molecular flexibility index (Phi) is 4.55. The first-order valence-corrected chi connectivity index (χ1v) is 7.93. The molecule has 1 unspecified atom stereocenters. The minimum absolute atomic E-state index is 0.0651. The van der Waals surface area contributed by atoms with E-state index in [1.165, 1.54) is 4.68 Å². The normalized spacial score (nSPS) is 16.8. The largest absolute Gasteiger partial charge is 0.356 e. The Morgan fingerprint density at radius 1 is 1.48 bits per heavy atom. The maximum Gasteiger partial charge on any atom is 0.266 e. The molecule has 2 aromatic rings. The Hall–Kier alpha value is -2.44. The summed E-state index contributed by atoms with van der Waals surface area (Å²) < 4.78 is 3.35. The van der Waals surface area contributed by atoms with Crippen molar-refractivity contribution >= 4 is 5.91 Å². The van der Waals surface area contributed by atoms with E-state index in [0.717, 1.165) is 37.1 Å². The van der Waals surface area contributed by atoms with Crippen LogP contribution in [0.15, 0.2) is 29.6 Å². The van der Waals surface area contributed by atoms with Gasteiger partial charge in [0, 0.05) is 44.5 Å². The monoisotopic (exact) mass is 315 g/mol. The van der Waals surface area contributed by atoms with Crippen LogP contribution in [-0.4, -0.2) is 31.8 Å².